The van der Waals surface area contributed by atoms with E-state index in [0.717, 1.165) is 4.31 Å². The summed E-state index contributed by atoms with van der Waals surface area (Å²) in [7, 11) is -0.847. The molecule has 0 heterocycles. The number of nitrogens with zero attached hydrogens (tertiary/aromatic N) is 1. The number of nitrogens with two attached hydrogens (primary N) is 1. The summed E-state index contributed by atoms with van der Waals surface area (Å²) >= 11 is 5.86. The van der Waals surface area contributed by atoms with Gasteiger partial charge in [-0.15, -0.1) is 0 Å². The summed E-state index contributed by atoms with van der Waals surface area (Å²) in [5, 5.41) is 2.75. The summed E-state index contributed by atoms with van der Waals surface area (Å²) < 4.78 is 25.4. The minimum absolute atomic E-state index is 0.000851. The first kappa shape index (κ1) is 18.9. The highest BCUT2D eigenvalue weighted by Crippen LogP contribution is 2.21. The summed E-state index contributed by atoms with van der Waals surface area (Å²) in [4.78, 5) is 23.7. The van der Waals surface area contributed by atoms with Crippen molar-refractivity contribution in [3.05, 3.63) is 58.6 Å². The molecule has 0 saturated carbocycles. The SMILES string of the molecule is CN(C)S(=O)(=O)c1cccc(C(=O)Nc2ccc(Cl)c(C(N)=O)c2)c1. The number of rotatable bonds is 5. The van der Waals surface area contributed by atoms with Gasteiger partial charge in [0.2, 0.25) is 15.9 Å². The van der Waals surface area contributed by atoms with E-state index in [1.54, 1.807) is 0 Å². The molecule has 0 atom stereocenters. The molecule has 7 nitrogen and oxygen atoms in total. The maximum absolute atomic E-state index is 12.4. The first-order valence-electron chi connectivity index (χ1n) is 7.06. The fraction of sp³-hybridized carbons (Fsp3) is 0.125. The molecule has 2 aromatic carbocycles. The summed E-state index contributed by atoms with van der Waals surface area (Å²) in [5.74, 6) is -1.26. The van der Waals surface area contributed by atoms with Gasteiger partial charge in [0.15, 0.2) is 0 Å². The number of sulfonamides is 1. The van der Waals surface area contributed by atoms with Gasteiger partial charge < -0.3 is 11.1 Å². The highest BCUT2D eigenvalue weighted by molar-refractivity contribution is 7.89. The van der Waals surface area contributed by atoms with Gasteiger partial charge in [-0.3, -0.25) is 9.59 Å². The fourth-order valence-electron chi connectivity index (χ4n) is 2.00. The molecule has 0 aromatic heterocycles. The van der Waals surface area contributed by atoms with Gasteiger partial charge in [-0.05, 0) is 36.4 Å². The number of benzene rings is 2. The Morgan fingerprint density at radius 3 is 2.40 bits per heavy atom. The lowest BCUT2D eigenvalue weighted by molar-refractivity contribution is 0.0996. The van der Waals surface area contributed by atoms with Crippen molar-refractivity contribution in [1.82, 2.24) is 4.31 Å². The normalized spacial score (nSPS) is 11.4. The topological polar surface area (TPSA) is 110 Å². The Hall–Kier alpha value is -2.42. The van der Waals surface area contributed by atoms with Crippen LogP contribution in [0.15, 0.2) is 47.4 Å². The minimum Gasteiger partial charge on any atom is -0.366 e. The number of carbonyl (C=O) groups is 2. The summed E-state index contributed by atoms with van der Waals surface area (Å²) in [6.07, 6.45) is 0. The average Bonchev–Trinajstić information content (AvgIpc) is 2.56. The number of nitrogens with one attached hydrogen (secondary N) is 1. The Bertz CT molecular complexity index is 942. The van der Waals surface area contributed by atoms with Crippen molar-refractivity contribution in [2.75, 3.05) is 19.4 Å². The quantitative estimate of drug-likeness (QED) is 0.824. The van der Waals surface area contributed by atoms with Gasteiger partial charge in [-0.1, -0.05) is 17.7 Å². The number of anilines is 1. The Morgan fingerprint density at radius 2 is 1.80 bits per heavy atom. The van der Waals surface area contributed by atoms with E-state index < -0.39 is 21.8 Å². The Balaban J connectivity index is 2.31. The number of hydrogen-bond donors (Lipinski definition) is 2. The van der Waals surface area contributed by atoms with Crippen molar-refractivity contribution in [2.24, 2.45) is 5.73 Å². The minimum atomic E-state index is -3.65. The third kappa shape index (κ3) is 4.16. The zero-order chi connectivity index (χ0) is 18.8. The lowest BCUT2D eigenvalue weighted by atomic mass is 10.1. The van der Waals surface area contributed by atoms with Crippen LogP contribution in [0.1, 0.15) is 20.7 Å². The molecular weight excluding hydrogens is 366 g/mol. The predicted octanol–water partition coefficient (Wildman–Crippen LogP) is 1.94. The number of halogens is 1. The second kappa shape index (κ2) is 7.22. The van der Waals surface area contributed by atoms with Gasteiger partial charge in [0.05, 0.1) is 15.5 Å². The van der Waals surface area contributed by atoms with E-state index in [1.165, 1.54) is 56.6 Å². The van der Waals surface area contributed by atoms with Gasteiger partial charge in [0.1, 0.15) is 0 Å². The molecule has 0 aliphatic rings. The number of hydrogen-bond acceptors (Lipinski definition) is 4. The van der Waals surface area contributed by atoms with E-state index >= 15 is 0 Å². The largest absolute Gasteiger partial charge is 0.366 e. The van der Waals surface area contributed by atoms with E-state index in [2.05, 4.69) is 5.32 Å². The highest BCUT2D eigenvalue weighted by Gasteiger charge is 2.19. The molecule has 0 unspecified atom stereocenters. The molecule has 0 saturated heterocycles. The standard InChI is InChI=1S/C16H16ClN3O4S/c1-20(2)25(23,24)12-5-3-4-10(8-12)16(22)19-11-6-7-14(17)13(9-11)15(18)21/h3-9H,1-2H3,(H2,18,21)(H,19,22). The van der Waals surface area contributed by atoms with Crippen LogP contribution in [-0.4, -0.2) is 38.6 Å². The van der Waals surface area contributed by atoms with Gasteiger partial charge in [-0.25, -0.2) is 12.7 Å². The third-order valence-corrected chi connectivity index (χ3v) is 5.51. The van der Waals surface area contributed by atoms with Gasteiger partial charge >= 0.3 is 0 Å². The lowest BCUT2D eigenvalue weighted by Gasteiger charge is -2.12. The van der Waals surface area contributed by atoms with Crippen molar-refractivity contribution < 1.29 is 18.0 Å². The summed E-state index contributed by atoms with van der Waals surface area (Å²) in [6.45, 7) is 0. The molecule has 0 radical (unpaired) electrons. The van der Waals surface area contributed by atoms with Crippen LogP contribution < -0.4 is 11.1 Å². The Kier molecular flexibility index (Phi) is 5.46. The second-order valence-corrected chi connectivity index (χ2v) is 7.89. The predicted molar refractivity (Wildman–Crippen MR) is 95.2 cm³/mol. The first-order valence-corrected chi connectivity index (χ1v) is 8.88. The third-order valence-electron chi connectivity index (χ3n) is 3.36. The maximum atomic E-state index is 12.4. The molecular formula is C16H16ClN3O4S. The van der Waals surface area contributed by atoms with E-state index in [-0.39, 0.29) is 21.0 Å². The zero-order valence-corrected chi connectivity index (χ0v) is 15.1. The molecule has 0 bridgehead atoms. The molecule has 25 heavy (non-hydrogen) atoms. The number of primary amides is 1. The van der Waals surface area contributed by atoms with Crippen LogP contribution in [0.3, 0.4) is 0 Å². The van der Waals surface area contributed by atoms with Crippen molar-refractivity contribution in [3.8, 4) is 0 Å². The molecule has 0 aliphatic carbocycles. The van der Waals surface area contributed by atoms with Crippen molar-refractivity contribution in [3.63, 3.8) is 0 Å². The van der Waals surface area contributed by atoms with Crippen LogP contribution >= 0.6 is 11.6 Å². The van der Waals surface area contributed by atoms with Crippen LogP contribution in [0.5, 0.6) is 0 Å². The van der Waals surface area contributed by atoms with Crippen LogP contribution in [0.2, 0.25) is 5.02 Å². The van der Waals surface area contributed by atoms with E-state index in [1.807, 2.05) is 0 Å². The van der Waals surface area contributed by atoms with Gasteiger partial charge in [-0.2, -0.15) is 0 Å². The Labute approximate surface area is 150 Å². The molecule has 132 valence electrons. The highest BCUT2D eigenvalue weighted by atomic mass is 35.5. The van der Waals surface area contributed by atoms with Crippen molar-refractivity contribution in [2.45, 2.75) is 4.90 Å². The molecule has 9 heteroatoms. The molecule has 2 aromatic rings. The van der Waals surface area contributed by atoms with E-state index in [4.69, 9.17) is 17.3 Å². The molecule has 0 fully saturated rings. The Morgan fingerprint density at radius 1 is 1.12 bits per heavy atom. The van der Waals surface area contributed by atoms with Crippen LogP contribution in [0.4, 0.5) is 5.69 Å². The molecule has 2 amide bonds. The fourth-order valence-corrected chi connectivity index (χ4v) is 3.16. The molecule has 3 N–H and O–H groups in total. The smallest absolute Gasteiger partial charge is 0.255 e. The van der Waals surface area contributed by atoms with E-state index in [9.17, 15) is 18.0 Å². The van der Waals surface area contributed by atoms with Crippen LogP contribution in [0, 0.1) is 0 Å². The van der Waals surface area contributed by atoms with E-state index in [0.29, 0.717) is 5.69 Å². The summed E-state index contributed by atoms with van der Waals surface area (Å²) in [5.41, 5.74) is 5.75. The monoisotopic (exact) mass is 381 g/mol. The molecule has 0 spiro atoms. The lowest BCUT2D eigenvalue weighted by Crippen LogP contribution is -2.22. The van der Waals surface area contributed by atoms with Crippen molar-refractivity contribution >= 4 is 39.1 Å². The van der Waals surface area contributed by atoms with Gasteiger partial charge in [0.25, 0.3) is 5.91 Å². The van der Waals surface area contributed by atoms with Crippen molar-refractivity contribution in [1.29, 1.82) is 0 Å². The summed E-state index contributed by atoms with van der Waals surface area (Å²) in [6, 6.07) is 9.92. The second-order valence-electron chi connectivity index (χ2n) is 5.33. The number of amides is 2. The average molecular weight is 382 g/mol. The van der Waals surface area contributed by atoms with Crippen LogP contribution in [-0.2, 0) is 10.0 Å². The number of carbonyl (C=O) groups excluding carboxylic acids is 2. The zero-order valence-electron chi connectivity index (χ0n) is 13.5. The molecule has 2 rings (SSSR count). The van der Waals surface area contributed by atoms with Gasteiger partial charge in [0, 0.05) is 25.3 Å². The van der Waals surface area contributed by atoms with Crippen LogP contribution in [0.25, 0.3) is 0 Å². The maximum Gasteiger partial charge on any atom is 0.255 e. The first-order chi connectivity index (χ1) is 11.6. The molecule has 0 aliphatic heterocycles.